The smallest absolute Gasteiger partial charge is 0.127 e. The van der Waals surface area contributed by atoms with Crippen molar-refractivity contribution in [3.8, 4) is 6.07 Å². The first-order valence-corrected chi connectivity index (χ1v) is 5.21. The molecule has 6 heteroatoms. The maximum Gasteiger partial charge on any atom is 0.127 e. The molecule has 2 rings (SSSR count). The molecule has 0 aliphatic rings. The van der Waals surface area contributed by atoms with Crippen molar-refractivity contribution in [2.24, 2.45) is 0 Å². The van der Waals surface area contributed by atoms with Gasteiger partial charge in [-0.15, -0.1) is 0 Å². The van der Waals surface area contributed by atoms with Crippen LogP contribution in [0.2, 0.25) is 0 Å². The minimum Gasteiger partial charge on any atom is -0.395 e. The monoisotopic (exact) mass is 229 g/mol. The maximum absolute atomic E-state index is 8.82. The van der Waals surface area contributed by atoms with Crippen molar-refractivity contribution < 1.29 is 0 Å². The molecule has 2 heterocycles. The summed E-state index contributed by atoms with van der Waals surface area (Å²) in [6.45, 7) is 0. The quantitative estimate of drug-likeness (QED) is 0.784. The van der Waals surface area contributed by atoms with Crippen molar-refractivity contribution >= 4 is 17.4 Å². The molecule has 0 fully saturated rings. The van der Waals surface area contributed by atoms with Gasteiger partial charge >= 0.3 is 0 Å². The zero-order chi connectivity index (χ0) is 11.4. The Kier molecular flexibility index (Phi) is 2.98. The van der Waals surface area contributed by atoms with Gasteiger partial charge in [0.05, 0.1) is 11.3 Å². The van der Waals surface area contributed by atoms with Crippen LogP contribution >= 0.6 is 11.8 Å². The van der Waals surface area contributed by atoms with E-state index in [-0.39, 0.29) is 0 Å². The molecule has 78 valence electrons. The molecule has 0 bridgehead atoms. The molecule has 0 saturated heterocycles. The van der Waals surface area contributed by atoms with Gasteiger partial charge in [0, 0.05) is 12.4 Å². The molecule has 0 aliphatic carbocycles. The number of hydrogen-bond donors (Lipinski definition) is 1. The van der Waals surface area contributed by atoms with Crippen molar-refractivity contribution in [3.05, 3.63) is 36.4 Å². The van der Waals surface area contributed by atoms with Gasteiger partial charge in [0.25, 0.3) is 0 Å². The highest BCUT2D eigenvalue weighted by molar-refractivity contribution is 7.99. The van der Waals surface area contributed by atoms with Crippen LogP contribution in [0, 0.1) is 11.3 Å². The molecule has 0 aromatic carbocycles. The van der Waals surface area contributed by atoms with Crippen LogP contribution in [0.5, 0.6) is 0 Å². The molecular formula is C10H7N5S. The highest BCUT2D eigenvalue weighted by Crippen LogP contribution is 2.29. The molecule has 0 aliphatic heterocycles. The second-order valence-corrected chi connectivity index (χ2v) is 3.85. The summed E-state index contributed by atoms with van der Waals surface area (Å²) in [5, 5.41) is 10.1. The Morgan fingerprint density at radius 2 is 2.12 bits per heavy atom. The number of nitrogens with two attached hydrogens (primary N) is 1. The highest BCUT2D eigenvalue weighted by Gasteiger charge is 2.07. The third-order valence-electron chi connectivity index (χ3n) is 1.83. The van der Waals surface area contributed by atoms with Crippen molar-refractivity contribution in [2.75, 3.05) is 5.73 Å². The van der Waals surface area contributed by atoms with Crippen LogP contribution in [0.25, 0.3) is 0 Å². The molecule has 0 saturated carbocycles. The van der Waals surface area contributed by atoms with E-state index in [1.54, 1.807) is 24.5 Å². The van der Waals surface area contributed by atoms with Crippen LogP contribution in [0.4, 0.5) is 5.69 Å². The molecule has 2 aromatic heterocycles. The highest BCUT2D eigenvalue weighted by atomic mass is 32.2. The van der Waals surface area contributed by atoms with E-state index in [9.17, 15) is 0 Å². The number of anilines is 1. The Labute approximate surface area is 96.4 Å². The van der Waals surface area contributed by atoms with E-state index in [0.717, 1.165) is 5.03 Å². The lowest BCUT2D eigenvalue weighted by atomic mass is 10.2. The summed E-state index contributed by atoms with van der Waals surface area (Å²) >= 11 is 1.31. The van der Waals surface area contributed by atoms with Gasteiger partial charge in [0.15, 0.2) is 0 Å². The van der Waals surface area contributed by atoms with Gasteiger partial charge in [0.1, 0.15) is 22.4 Å². The van der Waals surface area contributed by atoms with Gasteiger partial charge in [-0.1, -0.05) is 0 Å². The molecule has 0 spiro atoms. The summed E-state index contributed by atoms with van der Waals surface area (Å²) in [5.74, 6) is 0. The molecule has 16 heavy (non-hydrogen) atoms. The average molecular weight is 229 g/mol. The number of nitriles is 1. The van der Waals surface area contributed by atoms with E-state index in [1.807, 2.05) is 6.07 Å². The third kappa shape index (κ3) is 2.10. The van der Waals surface area contributed by atoms with Gasteiger partial charge in [-0.25, -0.2) is 15.0 Å². The van der Waals surface area contributed by atoms with Crippen molar-refractivity contribution in [2.45, 2.75) is 10.1 Å². The lowest BCUT2D eigenvalue weighted by molar-refractivity contribution is 1.04. The van der Waals surface area contributed by atoms with Crippen LogP contribution in [0.3, 0.4) is 0 Å². The number of hydrogen-bond acceptors (Lipinski definition) is 6. The van der Waals surface area contributed by atoms with Crippen molar-refractivity contribution in [3.63, 3.8) is 0 Å². The Balaban J connectivity index is 2.33. The first-order valence-electron chi connectivity index (χ1n) is 4.39. The number of nitrogens with zero attached hydrogens (tertiary/aromatic N) is 4. The maximum atomic E-state index is 8.82. The van der Waals surface area contributed by atoms with Gasteiger partial charge in [0.2, 0.25) is 0 Å². The molecule has 0 radical (unpaired) electrons. The van der Waals surface area contributed by atoms with Crippen LogP contribution in [0.1, 0.15) is 5.56 Å². The Hall–Kier alpha value is -2.13. The zero-order valence-corrected chi connectivity index (χ0v) is 8.98. The molecule has 0 amide bonds. The first-order chi connectivity index (χ1) is 7.81. The van der Waals surface area contributed by atoms with E-state index in [1.165, 1.54) is 18.1 Å². The van der Waals surface area contributed by atoms with Gasteiger partial charge < -0.3 is 5.73 Å². The Morgan fingerprint density at radius 3 is 2.81 bits per heavy atom. The van der Waals surface area contributed by atoms with Crippen LogP contribution in [0.15, 0.2) is 40.9 Å². The van der Waals surface area contributed by atoms with Crippen molar-refractivity contribution in [1.82, 2.24) is 15.0 Å². The van der Waals surface area contributed by atoms with E-state index in [2.05, 4.69) is 15.0 Å². The van der Waals surface area contributed by atoms with E-state index >= 15 is 0 Å². The van der Waals surface area contributed by atoms with Gasteiger partial charge in [-0.05, 0) is 23.9 Å². The minimum atomic E-state index is 0.383. The van der Waals surface area contributed by atoms with E-state index in [4.69, 9.17) is 11.0 Å². The summed E-state index contributed by atoms with van der Waals surface area (Å²) in [5.41, 5.74) is 6.60. The second-order valence-electron chi connectivity index (χ2n) is 2.84. The fourth-order valence-electron chi connectivity index (χ4n) is 1.07. The topological polar surface area (TPSA) is 88.5 Å². The van der Waals surface area contributed by atoms with Gasteiger partial charge in [-0.3, -0.25) is 0 Å². The third-order valence-corrected chi connectivity index (χ3v) is 2.80. The van der Waals surface area contributed by atoms with Crippen molar-refractivity contribution in [1.29, 1.82) is 5.26 Å². The average Bonchev–Trinajstić information content (AvgIpc) is 2.33. The molecule has 0 unspecified atom stereocenters. The number of nitrogen functional groups attached to an aromatic ring is 1. The normalized spacial score (nSPS) is 9.69. The number of aromatic nitrogens is 3. The lowest BCUT2D eigenvalue weighted by Gasteiger charge is -2.03. The van der Waals surface area contributed by atoms with Crippen LogP contribution in [-0.2, 0) is 0 Å². The molecule has 0 atom stereocenters. The second kappa shape index (κ2) is 4.59. The first kappa shape index (κ1) is 10.4. The summed E-state index contributed by atoms with van der Waals surface area (Å²) in [7, 11) is 0. The molecule has 2 N–H and O–H groups in total. The predicted octanol–water partition coefficient (Wildman–Crippen LogP) is 1.48. The van der Waals surface area contributed by atoms with Crippen LogP contribution < -0.4 is 5.73 Å². The predicted molar refractivity (Wildman–Crippen MR) is 59.5 cm³/mol. The lowest BCUT2D eigenvalue weighted by Crippen LogP contribution is -1.95. The largest absolute Gasteiger partial charge is 0.395 e. The fourth-order valence-corrected chi connectivity index (χ4v) is 1.83. The molecule has 2 aromatic rings. The summed E-state index contributed by atoms with van der Waals surface area (Å²) < 4.78 is 0. The zero-order valence-electron chi connectivity index (χ0n) is 8.16. The SMILES string of the molecule is N#Cc1ccnc(Sc2ccncn2)c1N. The summed E-state index contributed by atoms with van der Waals surface area (Å²) in [6.07, 6.45) is 4.64. The minimum absolute atomic E-state index is 0.383. The standard InChI is InChI=1S/C10H7N5S/c11-5-7-1-4-14-10(9(7)12)16-8-2-3-13-6-15-8/h1-4,6H,12H2. The van der Waals surface area contributed by atoms with Gasteiger partial charge in [-0.2, -0.15) is 5.26 Å². The van der Waals surface area contributed by atoms with E-state index < -0.39 is 0 Å². The number of rotatable bonds is 2. The van der Waals surface area contributed by atoms with Crippen LogP contribution in [-0.4, -0.2) is 15.0 Å². The summed E-state index contributed by atoms with van der Waals surface area (Å²) in [6, 6.07) is 5.35. The fraction of sp³-hybridized carbons (Fsp3) is 0. The molecular weight excluding hydrogens is 222 g/mol. The Bertz CT molecular complexity index is 535. The molecule has 5 nitrogen and oxygen atoms in total. The summed E-state index contributed by atoms with van der Waals surface area (Å²) in [4.78, 5) is 12.0. The Morgan fingerprint density at radius 1 is 1.25 bits per heavy atom. The van der Waals surface area contributed by atoms with E-state index in [0.29, 0.717) is 16.3 Å². The number of pyridine rings is 1.